The first kappa shape index (κ1) is 14.8. The second-order valence-electron chi connectivity index (χ2n) is 5.64. The third kappa shape index (κ3) is 2.45. The summed E-state index contributed by atoms with van der Waals surface area (Å²) in [5.41, 5.74) is 3.77. The van der Waals surface area contributed by atoms with Crippen LogP contribution in [-0.4, -0.2) is 31.9 Å². The first-order chi connectivity index (χ1) is 11.7. The molecular formula is C17H12BrN5O. The van der Waals surface area contributed by atoms with Gasteiger partial charge in [-0.25, -0.2) is 9.50 Å². The summed E-state index contributed by atoms with van der Waals surface area (Å²) in [6.07, 6.45) is 4.12. The normalized spacial score (nSPS) is 13.6. The van der Waals surface area contributed by atoms with Gasteiger partial charge in [-0.2, -0.15) is 10.4 Å². The lowest BCUT2D eigenvalue weighted by Crippen LogP contribution is -2.36. The molecule has 7 heteroatoms. The highest BCUT2D eigenvalue weighted by atomic mass is 79.9. The Bertz CT molecular complexity index is 1000. The Kier molecular flexibility index (Phi) is 3.54. The summed E-state index contributed by atoms with van der Waals surface area (Å²) in [5, 5.41) is 13.5. The molecule has 0 saturated heterocycles. The van der Waals surface area contributed by atoms with Gasteiger partial charge in [0.15, 0.2) is 11.3 Å². The molecule has 0 aliphatic carbocycles. The van der Waals surface area contributed by atoms with E-state index in [0.29, 0.717) is 36.4 Å². The summed E-state index contributed by atoms with van der Waals surface area (Å²) in [4.78, 5) is 18.8. The SMILES string of the molecule is N#Cc1cccc2c1CCN(C(=O)c1cc3ncc(Br)cn3n1)C2. The van der Waals surface area contributed by atoms with Gasteiger partial charge in [0.05, 0.1) is 16.1 Å². The van der Waals surface area contributed by atoms with Crippen molar-refractivity contribution in [3.63, 3.8) is 0 Å². The van der Waals surface area contributed by atoms with Crippen LogP contribution in [-0.2, 0) is 13.0 Å². The van der Waals surface area contributed by atoms with E-state index in [9.17, 15) is 10.1 Å². The first-order valence-electron chi connectivity index (χ1n) is 7.47. The predicted molar refractivity (Wildman–Crippen MR) is 90.3 cm³/mol. The third-order valence-electron chi connectivity index (χ3n) is 4.17. The second kappa shape index (κ2) is 5.73. The van der Waals surface area contributed by atoms with Crippen molar-refractivity contribution in [2.45, 2.75) is 13.0 Å². The van der Waals surface area contributed by atoms with E-state index in [-0.39, 0.29) is 5.91 Å². The van der Waals surface area contributed by atoms with Crippen LogP contribution in [0.1, 0.15) is 27.2 Å². The van der Waals surface area contributed by atoms with Crippen LogP contribution in [0.15, 0.2) is 41.1 Å². The molecule has 0 unspecified atom stereocenters. The maximum absolute atomic E-state index is 12.8. The van der Waals surface area contributed by atoms with Crippen LogP contribution < -0.4 is 0 Å². The quantitative estimate of drug-likeness (QED) is 0.649. The van der Waals surface area contributed by atoms with Gasteiger partial charge >= 0.3 is 0 Å². The Hall–Kier alpha value is -2.72. The Morgan fingerprint density at radius 2 is 2.25 bits per heavy atom. The molecule has 1 aromatic carbocycles. The summed E-state index contributed by atoms with van der Waals surface area (Å²) >= 11 is 3.34. The topological polar surface area (TPSA) is 74.3 Å². The maximum Gasteiger partial charge on any atom is 0.274 e. The lowest BCUT2D eigenvalue weighted by atomic mass is 9.95. The van der Waals surface area contributed by atoms with Crippen LogP contribution in [0.5, 0.6) is 0 Å². The Morgan fingerprint density at radius 1 is 1.38 bits per heavy atom. The molecule has 0 spiro atoms. The van der Waals surface area contributed by atoms with E-state index in [1.54, 1.807) is 27.9 Å². The van der Waals surface area contributed by atoms with Crippen LogP contribution in [0.4, 0.5) is 0 Å². The summed E-state index contributed by atoms with van der Waals surface area (Å²) in [6.45, 7) is 1.07. The van der Waals surface area contributed by atoms with Gasteiger partial charge in [-0.05, 0) is 39.5 Å². The van der Waals surface area contributed by atoms with E-state index in [1.807, 2.05) is 18.2 Å². The second-order valence-corrected chi connectivity index (χ2v) is 6.55. The zero-order valence-electron chi connectivity index (χ0n) is 12.6. The number of nitrogens with zero attached hydrogens (tertiary/aromatic N) is 5. The number of halogens is 1. The van der Waals surface area contributed by atoms with Crippen molar-refractivity contribution in [1.82, 2.24) is 19.5 Å². The maximum atomic E-state index is 12.8. The number of hydrogen-bond donors (Lipinski definition) is 0. The van der Waals surface area contributed by atoms with Gasteiger partial charge in [0.25, 0.3) is 5.91 Å². The zero-order valence-corrected chi connectivity index (χ0v) is 14.2. The predicted octanol–water partition coefficient (Wildman–Crippen LogP) is 2.56. The molecule has 3 heterocycles. The van der Waals surface area contributed by atoms with Crippen molar-refractivity contribution in [2.75, 3.05) is 6.54 Å². The summed E-state index contributed by atoms with van der Waals surface area (Å²) in [6, 6.07) is 9.56. The highest BCUT2D eigenvalue weighted by molar-refractivity contribution is 9.10. The molecule has 0 fully saturated rings. The Labute approximate surface area is 146 Å². The van der Waals surface area contributed by atoms with Crippen molar-refractivity contribution in [3.8, 4) is 6.07 Å². The number of hydrogen-bond acceptors (Lipinski definition) is 4. The Balaban J connectivity index is 1.64. The van der Waals surface area contributed by atoms with Gasteiger partial charge in [0.1, 0.15) is 0 Å². The number of fused-ring (bicyclic) bond motifs is 2. The number of carbonyl (C=O) groups is 1. The summed E-state index contributed by atoms with van der Waals surface area (Å²) in [5.74, 6) is -0.121. The number of carbonyl (C=O) groups excluding carboxylic acids is 1. The summed E-state index contributed by atoms with van der Waals surface area (Å²) < 4.78 is 2.39. The molecule has 0 atom stereocenters. The molecule has 24 heavy (non-hydrogen) atoms. The molecule has 3 aromatic rings. The fraction of sp³-hybridized carbons (Fsp3) is 0.176. The smallest absolute Gasteiger partial charge is 0.274 e. The average molecular weight is 382 g/mol. The molecule has 1 aliphatic heterocycles. The summed E-state index contributed by atoms with van der Waals surface area (Å²) in [7, 11) is 0. The van der Waals surface area contributed by atoms with E-state index in [0.717, 1.165) is 15.6 Å². The minimum atomic E-state index is -0.121. The third-order valence-corrected chi connectivity index (χ3v) is 4.58. The van der Waals surface area contributed by atoms with E-state index < -0.39 is 0 Å². The van der Waals surface area contributed by atoms with Crippen LogP contribution in [0, 0.1) is 11.3 Å². The van der Waals surface area contributed by atoms with Gasteiger partial charge in [-0.1, -0.05) is 12.1 Å². The number of rotatable bonds is 1. The van der Waals surface area contributed by atoms with Crippen molar-refractivity contribution in [2.24, 2.45) is 0 Å². The zero-order chi connectivity index (χ0) is 16.7. The standard InChI is InChI=1S/C17H12BrN5O/c18-13-8-20-16-6-15(21-23(16)10-13)17(24)22-5-4-14-11(7-19)2-1-3-12(14)9-22/h1-3,6,8,10H,4-5,9H2. The van der Waals surface area contributed by atoms with Crippen molar-refractivity contribution < 1.29 is 4.79 Å². The molecule has 118 valence electrons. The van der Waals surface area contributed by atoms with Crippen LogP contribution in [0.25, 0.3) is 5.65 Å². The lowest BCUT2D eigenvalue weighted by molar-refractivity contribution is 0.0728. The lowest BCUT2D eigenvalue weighted by Gasteiger charge is -2.28. The average Bonchev–Trinajstić information content (AvgIpc) is 3.03. The minimum Gasteiger partial charge on any atom is -0.333 e. The molecule has 0 N–H and O–H groups in total. The molecule has 0 saturated carbocycles. The van der Waals surface area contributed by atoms with E-state index in [1.165, 1.54) is 0 Å². The van der Waals surface area contributed by atoms with E-state index >= 15 is 0 Å². The Morgan fingerprint density at radius 3 is 3.08 bits per heavy atom. The number of benzene rings is 1. The fourth-order valence-electron chi connectivity index (χ4n) is 3.01. The fourth-order valence-corrected chi connectivity index (χ4v) is 3.30. The largest absolute Gasteiger partial charge is 0.333 e. The molecule has 1 aliphatic rings. The number of amides is 1. The molecular weight excluding hydrogens is 370 g/mol. The first-order valence-corrected chi connectivity index (χ1v) is 8.26. The highest BCUT2D eigenvalue weighted by Crippen LogP contribution is 2.23. The van der Waals surface area contributed by atoms with Gasteiger partial charge in [-0.15, -0.1) is 0 Å². The monoisotopic (exact) mass is 381 g/mol. The molecule has 6 nitrogen and oxygen atoms in total. The van der Waals surface area contributed by atoms with Crippen LogP contribution in [0.3, 0.4) is 0 Å². The minimum absolute atomic E-state index is 0.121. The van der Waals surface area contributed by atoms with Gasteiger partial charge < -0.3 is 4.90 Å². The highest BCUT2D eigenvalue weighted by Gasteiger charge is 2.25. The van der Waals surface area contributed by atoms with Gasteiger partial charge in [-0.3, -0.25) is 4.79 Å². The van der Waals surface area contributed by atoms with E-state index in [2.05, 4.69) is 32.1 Å². The number of nitriles is 1. The van der Waals surface area contributed by atoms with Crippen molar-refractivity contribution >= 4 is 27.5 Å². The molecule has 0 bridgehead atoms. The number of aromatic nitrogens is 3. The van der Waals surface area contributed by atoms with E-state index in [4.69, 9.17) is 0 Å². The van der Waals surface area contributed by atoms with Crippen molar-refractivity contribution in [3.05, 3.63) is 63.5 Å². The van der Waals surface area contributed by atoms with Gasteiger partial charge in [0, 0.05) is 31.5 Å². The molecule has 0 radical (unpaired) electrons. The van der Waals surface area contributed by atoms with Crippen LogP contribution in [0.2, 0.25) is 0 Å². The van der Waals surface area contributed by atoms with Crippen LogP contribution >= 0.6 is 15.9 Å². The molecule has 1 amide bonds. The van der Waals surface area contributed by atoms with Crippen molar-refractivity contribution in [1.29, 1.82) is 5.26 Å². The van der Waals surface area contributed by atoms with Gasteiger partial charge in [0.2, 0.25) is 0 Å². The molecule has 2 aromatic heterocycles. The molecule has 4 rings (SSSR count).